The van der Waals surface area contributed by atoms with Crippen LogP contribution in [-0.4, -0.2) is 29.4 Å². The van der Waals surface area contributed by atoms with Gasteiger partial charge in [0, 0.05) is 6.04 Å². The zero-order chi connectivity index (χ0) is 14.0. The molecule has 5 heteroatoms. The lowest BCUT2D eigenvalue weighted by atomic mass is 9.76. The third-order valence-electron chi connectivity index (χ3n) is 4.15. The van der Waals surface area contributed by atoms with Crippen LogP contribution in [0.4, 0.5) is 0 Å². The SMILES string of the molecule is CC1CCCC(N)(C(=O)NC(C)C(=O)NC2CC2)C1. The summed E-state index contributed by atoms with van der Waals surface area (Å²) in [5.74, 6) is 0.181. The second kappa shape index (κ2) is 5.49. The van der Waals surface area contributed by atoms with Gasteiger partial charge in [0.25, 0.3) is 0 Å². The molecule has 2 amide bonds. The molecule has 0 aromatic carbocycles. The molecule has 4 N–H and O–H groups in total. The minimum atomic E-state index is -0.800. The lowest BCUT2D eigenvalue weighted by Gasteiger charge is -2.36. The Balaban J connectivity index is 1.86. The summed E-state index contributed by atoms with van der Waals surface area (Å²) >= 11 is 0. The average Bonchev–Trinajstić information content (AvgIpc) is 3.12. The normalized spacial score (nSPS) is 32.5. The molecule has 2 aliphatic carbocycles. The van der Waals surface area contributed by atoms with Crippen LogP contribution in [0.2, 0.25) is 0 Å². The molecule has 0 spiro atoms. The smallest absolute Gasteiger partial charge is 0.242 e. The van der Waals surface area contributed by atoms with Gasteiger partial charge in [-0.25, -0.2) is 0 Å². The fourth-order valence-corrected chi connectivity index (χ4v) is 2.76. The van der Waals surface area contributed by atoms with Crippen molar-refractivity contribution in [2.75, 3.05) is 0 Å². The summed E-state index contributed by atoms with van der Waals surface area (Å²) in [7, 11) is 0. The van der Waals surface area contributed by atoms with Crippen LogP contribution in [-0.2, 0) is 9.59 Å². The Morgan fingerprint density at radius 2 is 2.00 bits per heavy atom. The first-order valence-electron chi connectivity index (χ1n) is 7.31. The highest BCUT2D eigenvalue weighted by atomic mass is 16.2. The molecule has 0 bridgehead atoms. The van der Waals surface area contributed by atoms with Gasteiger partial charge < -0.3 is 16.4 Å². The summed E-state index contributed by atoms with van der Waals surface area (Å²) in [6.07, 6.45) is 5.61. The average molecular weight is 267 g/mol. The number of carbonyl (C=O) groups excluding carboxylic acids is 2. The first kappa shape index (κ1) is 14.3. The second-order valence-electron chi connectivity index (χ2n) is 6.34. The third-order valence-corrected chi connectivity index (χ3v) is 4.15. The maximum absolute atomic E-state index is 12.3. The molecule has 0 aliphatic heterocycles. The molecule has 0 heterocycles. The molecule has 0 radical (unpaired) electrons. The zero-order valence-electron chi connectivity index (χ0n) is 11.9. The van der Waals surface area contributed by atoms with E-state index in [2.05, 4.69) is 17.6 Å². The van der Waals surface area contributed by atoms with E-state index in [4.69, 9.17) is 5.73 Å². The highest BCUT2D eigenvalue weighted by molar-refractivity contribution is 5.92. The number of nitrogens with two attached hydrogens (primary N) is 1. The number of amides is 2. The zero-order valence-corrected chi connectivity index (χ0v) is 11.9. The van der Waals surface area contributed by atoms with Crippen molar-refractivity contribution in [2.24, 2.45) is 11.7 Å². The molecular weight excluding hydrogens is 242 g/mol. The minimum absolute atomic E-state index is 0.108. The van der Waals surface area contributed by atoms with E-state index < -0.39 is 11.6 Å². The van der Waals surface area contributed by atoms with Crippen molar-refractivity contribution < 1.29 is 9.59 Å². The summed E-state index contributed by atoms with van der Waals surface area (Å²) in [6, 6.07) is -0.195. The van der Waals surface area contributed by atoms with Crippen molar-refractivity contribution in [3.8, 4) is 0 Å². The van der Waals surface area contributed by atoms with E-state index in [0.717, 1.165) is 25.7 Å². The molecule has 2 rings (SSSR count). The van der Waals surface area contributed by atoms with E-state index in [1.54, 1.807) is 6.92 Å². The van der Waals surface area contributed by atoms with Gasteiger partial charge in [0.05, 0.1) is 5.54 Å². The molecular formula is C14H25N3O2. The van der Waals surface area contributed by atoms with Gasteiger partial charge in [0.2, 0.25) is 11.8 Å². The first-order valence-corrected chi connectivity index (χ1v) is 7.31. The quantitative estimate of drug-likeness (QED) is 0.700. The highest BCUT2D eigenvalue weighted by Crippen LogP contribution is 2.30. The van der Waals surface area contributed by atoms with Crippen molar-refractivity contribution in [2.45, 2.75) is 70.0 Å². The summed E-state index contributed by atoms with van der Waals surface area (Å²) in [4.78, 5) is 24.1. The number of rotatable bonds is 4. The monoisotopic (exact) mass is 267 g/mol. The van der Waals surface area contributed by atoms with Crippen LogP contribution in [0.15, 0.2) is 0 Å². The molecule has 19 heavy (non-hydrogen) atoms. The molecule has 2 fully saturated rings. The van der Waals surface area contributed by atoms with Crippen LogP contribution < -0.4 is 16.4 Å². The maximum Gasteiger partial charge on any atom is 0.242 e. The fourth-order valence-electron chi connectivity index (χ4n) is 2.76. The predicted molar refractivity (Wildman–Crippen MR) is 73.3 cm³/mol. The van der Waals surface area contributed by atoms with Crippen molar-refractivity contribution in [1.29, 1.82) is 0 Å². The Bertz CT molecular complexity index is 368. The molecule has 5 nitrogen and oxygen atoms in total. The Kier molecular flexibility index (Phi) is 4.13. The second-order valence-corrected chi connectivity index (χ2v) is 6.34. The van der Waals surface area contributed by atoms with Crippen LogP contribution in [0.1, 0.15) is 52.4 Å². The van der Waals surface area contributed by atoms with Crippen LogP contribution in [0.5, 0.6) is 0 Å². The van der Waals surface area contributed by atoms with Gasteiger partial charge >= 0.3 is 0 Å². The van der Waals surface area contributed by atoms with Gasteiger partial charge in [-0.15, -0.1) is 0 Å². The van der Waals surface area contributed by atoms with Crippen molar-refractivity contribution in [3.63, 3.8) is 0 Å². The Morgan fingerprint density at radius 1 is 1.32 bits per heavy atom. The Labute approximate surface area is 114 Å². The van der Waals surface area contributed by atoms with Crippen molar-refractivity contribution in [3.05, 3.63) is 0 Å². The van der Waals surface area contributed by atoms with Gasteiger partial charge in [-0.2, -0.15) is 0 Å². The largest absolute Gasteiger partial charge is 0.352 e. The van der Waals surface area contributed by atoms with E-state index in [-0.39, 0.29) is 11.8 Å². The van der Waals surface area contributed by atoms with E-state index in [1.165, 1.54) is 0 Å². The molecule has 2 saturated carbocycles. The number of nitrogens with one attached hydrogen (secondary N) is 2. The number of hydrogen-bond donors (Lipinski definition) is 3. The van der Waals surface area contributed by atoms with Crippen LogP contribution >= 0.6 is 0 Å². The van der Waals surface area contributed by atoms with Crippen LogP contribution in [0.25, 0.3) is 0 Å². The standard InChI is InChI=1S/C14H25N3O2/c1-9-4-3-7-14(15,8-9)13(19)16-10(2)12(18)17-11-5-6-11/h9-11H,3-8,15H2,1-2H3,(H,16,19)(H,17,18). The van der Waals surface area contributed by atoms with Gasteiger partial charge in [-0.3, -0.25) is 9.59 Å². The molecule has 0 aromatic heterocycles. The van der Waals surface area contributed by atoms with Crippen LogP contribution in [0, 0.1) is 5.92 Å². The molecule has 2 aliphatic rings. The van der Waals surface area contributed by atoms with Crippen LogP contribution in [0.3, 0.4) is 0 Å². The summed E-state index contributed by atoms with van der Waals surface area (Å²) in [5, 5.41) is 5.66. The summed E-state index contributed by atoms with van der Waals surface area (Å²) < 4.78 is 0. The fraction of sp³-hybridized carbons (Fsp3) is 0.857. The molecule has 3 unspecified atom stereocenters. The number of carbonyl (C=O) groups is 2. The van der Waals surface area contributed by atoms with Gasteiger partial charge in [-0.1, -0.05) is 19.8 Å². The van der Waals surface area contributed by atoms with E-state index >= 15 is 0 Å². The van der Waals surface area contributed by atoms with E-state index in [1.807, 2.05) is 0 Å². The van der Waals surface area contributed by atoms with Gasteiger partial charge in [-0.05, 0) is 38.5 Å². The topological polar surface area (TPSA) is 84.2 Å². The Morgan fingerprint density at radius 3 is 2.58 bits per heavy atom. The third kappa shape index (κ3) is 3.69. The summed E-state index contributed by atoms with van der Waals surface area (Å²) in [5.41, 5.74) is 5.41. The minimum Gasteiger partial charge on any atom is -0.352 e. The van der Waals surface area contributed by atoms with Crippen molar-refractivity contribution in [1.82, 2.24) is 10.6 Å². The molecule has 3 atom stereocenters. The number of hydrogen-bond acceptors (Lipinski definition) is 3. The lowest BCUT2D eigenvalue weighted by molar-refractivity contribution is -0.132. The van der Waals surface area contributed by atoms with Gasteiger partial charge in [0.1, 0.15) is 6.04 Å². The first-order chi connectivity index (χ1) is 8.90. The van der Waals surface area contributed by atoms with Gasteiger partial charge in [0.15, 0.2) is 0 Å². The van der Waals surface area contributed by atoms with E-state index in [0.29, 0.717) is 24.8 Å². The predicted octanol–water partition coefficient (Wildman–Crippen LogP) is 0.677. The highest BCUT2D eigenvalue weighted by Gasteiger charge is 2.39. The molecule has 0 saturated heterocycles. The maximum atomic E-state index is 12.3. The molecule has 0 aromatic rings. The lowest BCUT2D eigenvalue weighted by Crippen LogP contribution is -2.59. The Hall–Kier alpha value is -1.10. The van der Waals surface area contributed by atoms with Crippen molar-refractivity contribution >= 4 is 11.8 Å². The molecule has 108 valence electrons. The van der Waals surface area contributed by atoms with E-state index in [9.17, 15) is 9.59 Å². The summed E-state index contributed by atoms with van der Waals surface area (Å²) in [6.45, 7) is 3.84.